The number of morpholine rings is 1. The van der Waals surface area contributed by atoms with Crippen molar-refractivity contribution >= 4 is 5.82 Å². The second kappa shape index (κ2) is 7.41. The molecule has 3 heterocycles. The topological polar surface area (TPSA) is 53.5 Å². The average Bonchev–Trinajstić information content (AvgIpc) is 3.38. The summed E-state index contributed by atoms with van der Waals surface area (Å²) < 4.78 is 5.54. The molecule has 0 amide bonds. The van der Waals surface area contributed by atoms with E-state index < -0.39 is 0 Å². The highest BCUT2D eigenvalue weighted by molar-refractivity contribution is 5.35. The second-order valence-corrected chi connectivity index (χ2v) is 8.85. The third-order valence-electron chi connectivity index (χ3n) is 6.26. The van der Waals surface area contributed by atoms with Crippen LogP contribution >= 0.6 is 0 Å². The highest BCUT2D eigenvalue weighted by Gasteiger charge is 2.44. The smallest absolute Gasteiger partial charge is 0.129 e. The van der Waals surface area contributed by atoms with E-state index in [4.69, 9.17) is 4.74 Å². The zero-order valence-corrected chi connectivity index (χ0v) is 16.4. The van der Waals surface area contributed by atoms with Crippen LogP contribution in [0.5, 0.6) is 0 Å². The lowest BCUT2D eigenvalue weighted by atomic mass is 9.98. The Kier molecular flexibility index (Phi) is 5.17. The van der Waals surface area contributed by atoms with Gasteiger partial charge in [-0.15, -0.1) is 0 Å². The number of nitrogens with one attached hydrogen (secondary N) is 1. The Morgan fingerprint density at radius 2 is 2.00 bits per heavy atom. The van der Waals surface area contributed by atoms with Crippen LogP contribution in [-0.2, 0) is 4.74 Å². The molecular formula is C20H33N5O. The second-order valence-electron chi connectivity index (χ2n) is 8.85. The molecule has 144 valence electrons. The maximum absolute atomic E-state index is 5.54. The van der Waals surface area contributed by atoms with Gasteiger partial charge in [0, 0.05) is 50.5 Å². The number of likely N-dealkylation sites (tertiary alicyclic amines) is 1. The first-order chi connectivity index (χ1) is 12.5. The molecule has 3 fully saturated rings. The first-order valence-electron chi connectivity index (χ1n) is 10.1. The van der Waals surface area contributed by atoms with E-state index in [2.05, 4.69) is 38.9 Å². The Morgan fingerprint density at radius 3 is 2.69 bits per heavy atom. The van der Waals surface area contributed by atoms with Crippen LogP contribution in [-0.4, -0.2) is 77.3 Å². The zero-order valence-electron chi connectivity index (χ0n) is 16.4. The SMILES string of the molecule is Cc1nccc(N[C@@H]2CN(CC(C)(C)N3CCOCC3)C[C@H]2C2CC2)n1. The molecule has 0 radical (unpaired) electrons. The van der Waals surface area contributed by atoms with Crippen LogP contribution in [0.2, 0.25) is 0 Å². The largest absolute Gasteiger partial charge is 0.379 e. The Morgan fingerprint density at radius 1 is 1.23 bits per heavy atom. The number of aryl methyl sites for hydroxylation is 1. The maximum atomic E-state index is 5.54. The van der Waals surface area contributed by atoms with Crippen LogP contribution < -0.4 is 5.32 Å². The number of hydrogen-bond acceptors (Lipinski definition) is 6. The van der Waals surface area contributed by atoms with Crippen molar-refractivity contribution in [1.29, 1.82) is 0 Å². The van der Waals surface area contributed by atoms with Gasteiger partial charge in [-0.2, -0.15) is 0 Å². The van der Waals surface area contributed by atoms with Gasteiger partial charge in [0.2, 0.25) is 0 Å². The Bertz CT molecular complexity index is 612. The fourth-order valence-corrected chi connectivity index (χ4v) is 4.74. The van der Waals surface area contributed by atoms with Gasteiger partial charge < -0.3 is 10.1 Å². The van der Waals surface area contributed by atoms with Gasteiger partial charge in [0.05, 0.1) is 13.2 Å². The van der Waals surface area contributed by atoms with Crippen LogP contribution in [0.25, 0.3) is 0 Å². The number of ether oxygens (including phenoxy) is 1. The van der Waals surface area contributed by atoms with Gasteiger partial charge in [0.25, 0.3) is 0 Å². The van der Waals surface area contributed by atoms with Crippen molar-refractivity contribution in [1.82, 2.24) is 19.8 Å². The lowest BCUT2D eigenvalue weighted by Crippen LogP contribution is -2.55. The normalized spacial score (nSPS) is 28.4. The molecule has 3 aliphatic rings. The molecule has 0 unspecified atom stereocenters. The maximum Gasteiger partial charge on any atom is 0.129 e. The molecule has 6 nitrogen and oxygen atoms in total. The highest BCUT2D eigenvalue weighted by Crippen LogP contribution is 2.42. The molecule has 26 heavy (non-hydrogen) atoms. The van der Waals surface area contributed by atoms with Gasteiger partial charge in [0.15, 0.2) is 0 Å². The molecular weight excluding hydrogens is 326 g/mol. The van der Waals surface area contributed by atoms with Crippen LogP contribution in [0.1, 0.15) is 32.5 Å². The summed E-state index contributed by atoms with van der Waals surface area (Å²) in [7, 11) is 0. The standard InChI is InChI=1S/C20H33N5O/c1-15-21-7-6-19(22-15)23-18-13-24(12-17(18)16-4-5-16)14-20(2,3)25-8-10-26-11-9-25/h6-7,16-18H,4-5,8-14H2,1-3H3,(H,21,22,23)/t17-,18+/m0/s1. The summed E-state index contributed by atoms with van der Waals surface area (Å²) in [5, 5.41) is 3.72. The number of nitrogens with zero attached hydrogens (tertiary/aromatic N) is 4. The molecule has 1 saturated carbocycles. The molecule has 1 aromatic rings. The molecule has 4 rings (SSSR count). The van der Waals surface area contributed by atoms with E-state index in [0.717, 1.165) is 62.9 Å². The molecule has 1 N–H and O–H groups in total. The number of rotatable bonds is 6. The van der Waals surface area contributed by atoms with E-state index in [9.17, 15) is 0 Å². The summed E-state index contributed by atoms with van der Waals surface area (Å²) in [4.78, 5) is 14.0. The summed E-state index contributed by atoms with van der Waals surface area (Å²) in [6, 6.07) is 2.49. The monoisotopic (exact) mass is 359 g/mol. The molecule has 2 aliphatic heterocycles. The van der Waals surface area contributed by atoms with Crippen molar-refractivity contribution in [2.75, 3.05) is 51.3 Å². The van der Waals surface area contributed by atoms with E-state index in [1.807, 2.05) is 19.2 Å². The summed E-state index contributed by atoms with van der Waals surface area (Å²) in [6.07, 6.45) is 4.64. The van der Waals surface area contributed by atoms with E-state index in [0.29, 0.717) is 6.04 Å². The fraction of sp³-hybridized carbons (Fsp3) is 0.800. The summed E-state index contributed by atoms with van der Waals surface area (Å²) in [6.45, 7) is 14.0. The number of anilines is 1. The van der Waals surface area contributed by atoms with Gasteiger partial charge in [-0.3, -0.25) is 9.80 Å². The van der Waals surface area contributed by atoms with Crippen molar-refractivity contribution in [2.24, 2.45) is 11.8 Å². The summed E-state index contributed by atoms with van der Waals surface area (Å²) in [5.41, 5.74) is 0.193. The van der Waals surface area contributed by atoms with Gasteiger partial charge in [-0.25, -0.2) is 9.97 Å². The average molecular weight is 360 g/mol. The van der Waals surface area contributed by atoms with E-state index in [1.165, 1.54) is 19.4 Å². The van der Waals surface area contributed by atoms with E-state index >= 15 is 0 Å². The minimum absolute atomic E-state index is 0.193. The first-order valence-corrected chi connectivity index (χ1v) is 10.1. The third kappa shape index (κ3) is 4.18. The van der Waals surface area contributed by atoms with E-state index in [1.54, 1.807) is 0 Å². The molecule has 0 aromatic carbocycles. The Hall–Kier alpha value is -1.24. The fourth-order valence-electron chi connectivity index (χ4n) is 4.74. The van der Waals surface area contributed by atoms with Crippen LogP contribution in [0.4, 0.5) is 5.82 Å². The number of hydrogen-bond donors (Lipinski definition) is 1. The summed E-state index contributed by atoms with van der Waals surface area (Å²) in [5.74, 6) is 3.45. The predicted molar refractivity (Wildman–Crippen MR) is 103 cm³/mol. The van der Waals surface area contributed by atoms with E-state index in [-0.39, 0.29) is 5.54 Å². The molecule has 2 atom stereocenters. The Balaban J connectivity index is 1.40. The number of aromatic nitrogens is 2. The molecule has 0 bridgehead atoms. The molecule has 2 saturated heterocycles. The van der Waals surface area contributed by atoms with Gasteiger partial charge in [0.1, 0.15) is 11.6 Å². The molecule has 1 aliphatic carbocycles. The van der Waals surface area contributed by atoms with Crippen molar-refractivity contribution in [3.63, 3.8) is 0 Å². The highest BCUT2D eigenvalue weighted by atomic mass is 16.5. The van der Waals surface area contributed by atoms with Crippen LogP contribution in [0, 0.1) is 18.8 Å². The summed E-state index contributed by atoms with van der Waals surface area (Å²) >= 11 is 0. The zero-order chi connectivity index (χ0) is 18.1. The minimum Gasteiger partial charge on any atom is -0.379 e. The minimum atomic E-state index is 0.193. The van der Waals surface area contributed by atoms with Crippen LogP contribution in [0.15, 0.2) is 12.3 Å². The van der Waals surface area contributed by atoms with Crippen molar-refractivity contribution in [3.05, 3.63) is 18.1 Å². The predicted octanol–water partition coefficient (Wildman–Crippen LogP) is 2.02. The third-order valence-corrected chi connectivity index (χ3v) is 6.26. The van der Waals surface area contributed by atoms with Gasteiger partial charge >= 0.3 is 0 Å². The molecule has 6 heteroatoms. The molecule has 1 aromatic heterocycles. The first kappa shape index (κ1) is 18.1. The van der Waals surface area contributed by atoms with Gasteiger partial charge in [-0.05, 0) is 51.5 Å². The Labute approximate surface area is 157 Å². The van der Waals surface area contributed by atoms with Crippen molar-refractivity contribution in [2.45, 2.75) is 45.2 Å². The lowest BCUT2D eigenvalue weighted by Gasteiger charge is -2.43. The molecule has 0 spiro atoms. The van der Waals surface area contributed by atoms with Crippen LogP contribution in [0.3, 0.4) is 0 Å². The van der Waals surface area contributed by atoms with Crippen molar-refractivity contribution in [3.8, 4) is 0 Å². The van der Waals surface area contributed by atoms with Gasteiger partial charge in [-0.1, -0.05) is 0 Å². The van der Waals surface area contributed by atoms with Crippen molar-refractivity contribution < 1.29 is 4.74 Å². The lowest BCUT2D eigenvalue weighted by molar-refractivity contribution is -0.0199. The quantitative estimate of drug-likeness (QED) is 0.839.